The quantitative estimate of drug-likeness (QED) is 0.150. The summed E-state index contributed by atoms with van der Waals surface area (Å²) < 4.78 is 14.5. The maximum atomic E-state index is 12.4. The molecular weight excluding hydrogens is 573 g/mol. The van der Waals surface area contributed by atoms with Crippen molar-refractivity contribution < 1.29 is 56.5 Å². The Labute approximate surface area is 245 Å². The number of amides is 2. The van der Waals surface area contributed by atoms with Crippen molar-refractivity contribution >= 4 is 50.0 Å². The van der Waals surface area contributed by atoms with Crippen LogP contribution in [-0.2, 0) is 47.0 Å². The van der Waals surface area contributed by atoms with E-state index in [0.29, 0.717) is 6.61 Å². The number of hydrogen-bond acceptors (Lipinski definition) is 7. The van der Waals surface area contributed by atoms with Gasteiger partial charge in [0.2, 0.25) is 12.0 Å². The van der Waals surface area contributed by atoms with Crippen molar-refractivity contribution in [2.24, 2.45) is 0 Å². The molecule has 3 aromatic rings. The van der Waals surface area contributed by atoms with Crippen LogP contribution in [0.3, 0.4) is 0 Å². The van der Waals surface area contributed by atoms with Gasteiger partial charge in [-0.25, -0.2) is 0 Å². The van der Waals surface area contributed by atoms with Crippen molar-refractivity contribution in [2.45, 2.75) is 12.8 Å². The van der Waals surface area contributed by atoms with E-state index in [4.69, 9.17) is 15.2 Å². The normalized spacial score (nSPS) is 10.9. The molecule has 0 fully saturated rings. The van der Waals surface area contributed by atoms with E-state index in [9.17, 15) is 9.59 Å². The van der Waals surface area contributed by atoms with E-state index in [0.717, 1.165) is 45.9 Å². The summed E-state index contributed by atoms with van der Waals surface area (Å²) in [6.07, 6.45) is -0.961. The van der Waals surface area contributed by atoms with Gasteiger partial charge >= 0.3 is 0 Å². The van der Waals surface area contributed by atoms with Gasteiger partial charge in [0.25, 0.3) is 0 Å². The van der Waals surface area contributed by atoms with Crippen molar-refractivity contribution in [1.82, 2.24) is 0 Å². The van der Waals surface area contributed by atoms with Gasteiger partial charge < -0.3 is 25.3 Å². The molecule has 10 heteroatoms. The van der Waals surface area contributed by atoms with Crippen LogP contribution >= 0.6 is 21.6 Å². The third-order valence-corrected chi connectivity index (χ3v) is 7.14. The van der Waals surface area contributed by atoms with Crippen LogP contribution in [-0.4, -0.2) is 50.9 Å². The van der Waals surface area contributed by atoms with Crippen LogP contribution in [0.2, 0.25) is 0 Å². The Morgan fingerprint density at radius 2 is 1.61 bits per heavy atom. The van der Waals surface area contributed by atoms with Crippen LogP contribution in [0.25, 0.3) is 16.5 Å². The zero-order valence-electron chi connectivity index (χ0n) is 20.6. The number of benzene rings is 3. The second-order valence-corrected chi connectivity index (χ2v) is 9.95. The van der Waals surface area contributed by atoms with Gasteiger partial charge in [0, 0.05) is 51.3 Å². The molecule has 0 heterocycles. The zero-order chi connectivity index (χ0) is 25.5. The minimum absolute atomic E-state index is 0. The van der Waals surface area contributed by atoms with Gasteiger partial charge in [-0.1, -0.05) is 51.5 Å². The molecule has 3 aromatic carbocycles. The molecule has 1 atom stereocenters. The van der Waals surface area contributed by atoms with Gasteiger partial charge in [0.15, 0.2) is 0 Å². The molecule has 0 saturated heterocycles. The Bertz CT molecular complexity index is 1070. The summed E-state index contributed by atoms with van der Waals surface area (Å²) in [5.74, 6) is 2.22. The molecule has 0 aliphatic rings. The van der Waals surface area contributed by atoms with E-state index in [1.165, 1.54) is 0 Å². The van der Waals surface area contributed by atoms with Gasteiger partial charge in [-0.3, -0.25) is 9.59 Å². The van der Waals surface area contributed by atoms with Crippen molar-refractivity contribution in [3.63, 3.8) is 0 Å². The summed E-state index contributed by atoms with van der Waals surface area (Å²) in [5.41, 5.74) is 8.20. The average molecular weight is 604 g/mol. The fourth-order valence-electron chi connectivity index (χ4n) is 2.91. The monoisotopic (exact) mass is 603 g/mol. The second-order valence-electron chi connectivity index (χ2n) is 7.24. The van der Waals surface area contributed by atoms with E-state index in [2.05, 4.69) is 22.2 Å². The first-order valence-electron chi connectivity index (χ1n) is 10.9. The summed E-state index contributed by atoms with van der Waals surface area (Å²) in [5, 5.41) is 5.12. The molecule has 2 N–H and O–H groups in total. The number of anilines is 1. The van der Waals surface area contributed by atoms with Crippen LogP contribution in [0, 0.1) is 6.07 Å². The Balaban J connectivity index is 0.000000429. The van der Waals surface area contributed by atoms with Crippen molar-refractivity contribution in [3.05, 3.63) is 78.0 Å². The Morgan fingerprint density at radius 3 is 2.25 bits per heavy atom. The van der Waals surface area contributed by atoms with Crippen LogP contribution in [0.4, 0.5) is 10.5 Å². The molecule has 0 aliphatic heterocycles. The van der Waals surface area contributed by atoms with Gasteiger partial charge in [-0.05, 0) is 35.4 Å². The standard InChI is InChI=1S/C20H18NO2.C6H13NO3S2.Y/c1-14(20(22)21-18-6-4-3-5-7-18)15-8-9-17-13-19(23-2)11-10-16(17)12-15;1-9-2-4-11-12-5-3-10-6(7)8;/h4-14H,1-2H3,(H,21,22);2-5H2,1H3,(H2,7,8);/q-1;;/p-1. The first-order valence-corrected chi connectivity index (χ1v) is 13.4. The molecule has 1 unspecified atom stereocenters. The average Bonchev–Trinajstić information content (AvgIpc) is 2.88. The Hall–Kier alpha value is -1.78. The van der Waals surface area contributed by atoms with Gasteiger partial charge in [0.05, 0.1) is 26.2 Å². The van der Waals surface area contributed by atoms with E-state index in [1.807, 2.05) is 49.4 Å². The molecule has 0 saturated carbocycles. The largest absolute Gasteiger partial charge is 0.632 e. The van der Waals surface area contributed by atoms with Crippen molar-refractivity contribution in [3.8, 4) is 5.75 Å². The summed E-state index contributed by atoms with van der Waals surface area (Å²) in [7, 11) is 6.60. The summed E-state index contributed by atoms with van der Waals surface area (Å²) in [6.45, 7) is 2.96. The summed E-state index contributed by atoms with van der Waals surface area (Å²) in [6, 6.07) is 22.2. The first kappa shape index (κ1) is 32.3. The maximum absolute atomic E-state index is 12.4. The van der Waals surface area contributed by atoms with E-state index < -0.39 is 6.09 Å². The van der Waals surface area contributed by atoms with Gasteiger partial charge in [-0.2, -0.15) is 18.2 Å². The van der Waals surface area contributed by atoms with Crippen LogP contribution in [0.15, 0.2) is 60.7 Å². The molecule has 0 aliphatic carbocycles. The Morgan fingerprint density at radius 1 is 0.972 bits per heavy atom. The number of hydrogen-bond donors (Lipinski definition) is 1. The third-order valence-electron chi connectivity index (χ3n) is 4.80. The van der Waals surface area contributed by atoms with Crippen LogP contribution < -0.4 is 10.1 Å². The molecule has 36 heavy (non-hydrogen) atoms. The number of ether oxygens (including phenoxy) is 3. The van der Waals surface area contributed by atoms with E-state index in [-0.39, 0.29) is 44.5 Å². The van der Waals surface area contributed by atoms with Crippen molar-refractivity contribution in [1.29, 1.82) is 0 Å². The molecule has 2 amide bonds. The number of methoxy groups -OCH3 is 2. The topological polar surface area (TPSA) is 97.7 Å². The molecule has 3 rings (SSSR count). The molecular formula is C26H30N2O5S2Y-2. The van der Waals surface area contributed by atoms with E-state index >= 15 is 0 Å². The third kappa shape index (κ3) is 12.0. The first-order chi connectivity index (χ1) is 16.9. The molecule has 0 bridgehead atoms. The number of fused-ring (bicyclic) bond motifs is 1. The smallest absolute Gasteiger partial charge is 0.229 e. The summed E-state index contributed by atoms with van der Waals surface area (Å²) in [4.78, 5) is 22.4. The zero-order valence-corrected chi connectivity index (χ0v) is 25.1. The Kier molecular flexibility index (Phi) is 16.5. The minimum Gasteiger partial charge on any atom is -0.632 e. The predicted molar refractivity (Wildman–Crippen MR) is 145 cm³/mol. The number of rotatable bonds is 11. The van der Waals surface area contributed by atoms with Crippen LogP contribution in [0.1, 0.15) is 18.4 Å². The molecule has 191 valence electrons. The second kappa shape index (κ2) is 18.5. The van der Waals surface area contributed by atoms with Crippen molar-refractivity contribution in [2.75, 3.05) is 44.3 Å². The molecule has 7 nitrogen and oxygen atoms in total. The number of carbonyl (C=O) groups excluding carboxylic acids is 2. The van der Waals surface area contributed by atoms with Gasteiger partial charge in [-0.15, -0.1) is 12.1 Å². The number of nitrogens with one attached hydrogen (secondary N) is 2. The fraction of sp³-hybridized carbons (Fsp3) is 0.308. The van der Waals surface area contributed by atoms with Crippen LogP contribution in [0.5, 0.6) is 5.75 Å². The summed E-state index contributed by atoms with van der Waals surface area (Å²) >= 11 is 0. The molecule has 1 radical (unpaired) electrons. The van der Waals surface area contributed by atoms with Gasteiger partial charge in [0.1, 0.15) is 5.75 Å². The van der Waals surface area contributed by atoms with E-state index in [1.54, 1.807) is 47.9 Å². The fourth-order valence-corrected chi connectivity index (χ4v) is 4.65. The SMILES string of the molecule is COCCSSCCOC([NH-])=O.COc1ccc2cc(C(C)C(=O)Nc3cc[c-]cc3)ccc2c1.[Y]. The minimum atomic E-state index is -0.961. The maximum Gasteiger partial charge on any atom is 0.229 e. The molecule has 0 spiro atoms. The predicted octanol–water partition coefficient (Wildman–Crippen LogP) is 6.59. The number of carbonyl (C=O) groups is 2. The molecule has 0 aromatic heterocycles.